The number of hydrogen-bond acceptors (Lipinski definition) is 2. The maximum Gasteiger partial charge on any atom is 0.0763 e. The summed E-state index contributed by atoms with van der Waals surface area (Å²) in [6.45, 7) is 2.05. The molecule has 0 aliphatic heterocycles. The summed E-state index contributed by atoms with van der Waals surface area (Å²) in [4.78, 5) is 4.52. The molecule has 2 heterocycles. The number of benzene rings is 1. The smallest absolute Gasteiger partial charge is 0.0763 e. The first kappa shape index (κ1) is 11.9. The Hall–Kier alpha value is -2.13. The number of nitrogens with zero attached hydrogens (tertiary/aromatic N) is 2. The quantitative estimate of drug-likeness (QED) is 0.761. The third kappa shape index (κ3) is 2.37. The van der Waals surface area contributed by atoms with Gasteiger partial charge in [-0.05, 0) is 36.2 Å². The van der Waals surface area contributed by atoms with E-state index in [1.165, 1.54) is 0 Å². The molecule has 1 N–H and O–H groups in total. The van der Waals surface area contributed by atoms with Crippen molar-refractivity contribution in [2.24, 2.45) is 0 Å². The van der Waals surface area contributed by atoms with E-state index in [0.29, 0.717) is 0 Å². The number of hydrogen-bond donors (Lipinski definition) is 1. The first-order valence-corrected chi connectivity index (χ1v) is 6.33. The third-order valence-electron chi connectivity index (χ3n) is 3.01. The molecular weight excluding hydrogens is 258 g/mol. The van der Waals surface area contributed by atoms with E-state index in [2.05, 4.69) is 21.2 Å². The van der Waals surface area contributed by atoms with Gasteiger partial charge in [-0.3, -0.25) is 10.1 Å². The highest BCUT2D eigenvalue weighted by molar-refractivity contribution is 6.30. The molecule has 3 nitrogen and oxygen atoms in total. The second-order valence-electron chi connectivity index (χ2n) is 4.39. The Balaban J connectivity index is 2.05. The number of pyridine rings is 1. The van der Waals surface area contributed by atoms with Gasteiger partial charge in [0.15, 0.2) is 0 Å². The summed E-state index contributed by atoms with van der Waals surface area (Å²) in [6.07, 6.45) is 5.48. The Morgan fingerprint density at radius 1 is 1.05 bits per heavy atom. The Labute approximate surface area is 116 Å². The van der Waals surface area contributed by atoms with Crippen molar-refractivity contribution < 1.29 is 0 Å². The van der Waals surface area contributed by atoms with Crippen LogP contribution in [-0.4, -0.2) is 15.2 Å². The van der Waals surface area contributed by atoms with Gasteiger partial charge < -0.3 is 0 Å². The highest BCUT2D eigenvalue weighted by Gasteiger charge is 2.07. The van der Waals surface area contributed by atoms with Gasteiger partial charge in [-0.15, -0.1) is 0 Å². The molecule has 0 spiro atoms. The zero-order valence-electron chi connectivity index (χ0n) is 10.4. The van der Waals surface area contributed by atoms with Crippen molar-refractivity contribution in [2.75, 3.05) is 0 Å². The lowest BCUT2D eigenvalue weighted by atomic mass is 10.0. The zero-order chi connectivity index (χ0) is 13.2. The van der Waals surface area contributed by atoms with Gasteiger partial charge in [-0.25, -0.2) is 0 Å². The molecule has 1 aromatic carbocycles. The molecule has 19 heavy (non-hydrogen) atoms. The minimum Gasteiger partial charge on any atom is -0.285 e. The standard InChI is InChI=1S/C15H12ClN3/c1-10-5-12(11-3-2-4-14(16)6-11)7-17-15(10)13-8-18-19-9-13/h2-9H,1H3,(H,18,19). The van der Waals surface area contributed by atoms with Crippen LogP contribution in [0.15, 0.2) is 48.9 Å². The van der Waals surface area contributed by atoms with E-state index < -0.39 is 0 Å². The molecule has 0 aliphatic carbocycles. The molecule has 0 radical (unpaired) electrons. The number of H-pyrrole nitrogens is 1. The molecule has 94 valence electrons. The fraction of sp³-hybridized carbons (Fsp3) is 0.0667. The van der Waals surface area contributed by atoms with E-state index in [4.69, 9.17) is 11.6 Å². The number of rotatable bonds is 2. The van der Waals surface area contributed by atoms with Crippen LogP contribution in [0.1, 0.15) is 5.56 Å². The summed E-state index contributed by atoms with van der Waals surface area (Å²) in [6, 6.07) is 9.89. The summed E-state index contributed by atoms with van der Waals surface area (Å²) in [5.74, 6) is 0. The van der Waals surface area contributed by atoms with E-state index >= 15 is 0 Å². The van der Waals surface area contributed by atoms with Crippen molar-refractivity contribution in [3.63, 3.8) is 0 Å². The van der Waals surface area contributed by atoms with Crippen molar-refractivity contribution in [1.29, 1.82) is 0 Å². The van der Waals surface area contributed by atoms with E-state index in [1.54, 1.807) is 6.20 Å². The van der Waals surface area contributed by atoms with Crippen molar-refractivity contribution in [1.82, 2.24) is 15.2 Å². The maximum absolute atomic E-state index is 6.01. The minimum absolute atomic E-state index is 0.731. The molecule has 3 aromatic rings. The van der Waals surface area contributed by atoms with Crippen LogP contribution < -0.4 is 0 Å². The van der Waals surface area contributed by atoms with Gasteiger partial charge in [0, 0.05) is 28.5 Å². The normalized spacial score (nSPS) is 10.6. The summed E-state index contributed by atoms with van der Waals surface area (Å²) in [5, 5.41) is 7.48. The molecule has 3 rings (SSSR count). The number of aromatic nitrogens is 3. The van der Waals surface area contributed by atoms with Crippen LogP contribution in [-0.2, 0) is 0 Å². The monoisotopic (exact) mass is 269 g/mol. The van der Waals surface area contributed by atoms with Crippen LogP contribution in [0.25, 0.3) is 22.4 Å². The first-order chi connectivity index (χ1) is 9.24. The first-order valence-electron chi connectivity index (χ1n) is 5.96. The van der Waals surface area contributed by atoms with Crippen LogP contribution in [0.2, 0.25) is 5.02 Å². The van der Waals surface area contributed by atoms with Gasteiger partial charge in [0.05, 0.1) is 11.9 Å². The second kappa shape index (κ2) is 4.86. The number of nitrogens with one attached hydrogen (secondary N) is 1. The summed E-state index contributed by atoms with van der Waals surface area (Å²) >= 11 is 6.01. The van der Waals surface area contributed by atoms with Gasteiger partial charge in [-0.1, -0.05) is 23.7 Å². The summed E-state index contributed by atoms with van der Waals surface area (Å²) < 4.78 is 0. The van der Waals surface area contributed by atoms with Crippen LogP contribution in [0.3, 0.4) is 0 Å². The minimum atomic E-state index is 0.731. The van der Waals surface area contributed by atoms with Crippen LogP contribution in [0.5, 0.6) is 0 Å². The average Bonchev–Trinajstić information content (AvgIpc) is 2.92. The fourth-order valence-electron chi connectivity index (χ4n) is 2.08. The fourth-order valence-corrected chi connectivity index (χ4v) is 2.27. The van der Waals surface area contributed by atoms with E-state index in [0.717, 1.165) is 33.0 Å². The molecule has 2 aromatic heterocycles. The maximum atomic E-state index is 6.01. The number of halogens is 1. The van der Waals surface area contributed by atoms with E-state index in [1.807, 2.05) is 43.6 Å². The second-order valence-corrected chi connectivity index (χ2v) is 4.82. The highest BCUT2D eigenvalue weighted by Crippen LogP contribution is 2.26. The summed E-state index contributed by atoms with van der Waals surface area (Å²) in [5.41, 5.74) is 5.18. The largest absolute Gasteiger partial charge is 0.285 e. The zero-order valence-corrected chi connectivity index (χ0v) is 11.1. The molecule has 0 saturated carbocycles. The van der Waals surface area contributed by atoms with Crippen molar-refractivity contribution in [3.8, 4) is 22.4 Å². The lowest BCUT2D eigenvalue weighted by molar-refractivity contribution is 1.09. The predicted octanol–water partition coefficient (Wildman–Crippen LogP) is 4.10. The van der Waals surface area contributed by atoms with Crippen molar-refractivity contribution in [2.45, 2.75) is 6.92 Å². The van der Waals surface area contributed by atoms with Crippen molar-refractivity contribution >= 4 is 11.6 Å². The Bertz CT molecular complexity index is 705. The van der Waals surface area contributed by atoms with Crippen molar-refractivity contribution in [3.05, 3.63) is 59.5 Å². The predicted molar refractivity (Wildman–Crippen MR) is 77.0 cm³/mol. The lowest BCUT2D eigenvalue weighted by Gasteiger charge is -2.06. The van der Waals surface area contributed by atoms with Gasteiger partial charge in [0.1, 0.15) is 0 Å². The van der Waals surface area contributed by atoms with Gasteiger partial charge in [-0.2, -0.15) is 5.10 Å². The molecule has 0 amide bonds. The highest BCUT2D eigenvalue weighted by atomic mass is 35.5. The Kier molecular flexibility index (Phi) is 3.05. The van der Waals surface area contributed by atoms with Crippen LogP contribution in [0.4, 0.5) is 0 Å². The lowest BCUT2D eigenvalue weighted by Crippen LogP contribution is -1.89. The van der Waals surface area contributed by atoms with Crippen LogP contribution >= 0.6 is 11.6 Å². The molecule has 0 unspecified atom stereocenters. The van der Waals surface area contributed by atoms with Gasteiger partial charge in [0.25, 0.3) is 0 Å². The molecule has 0 bridgehead atoms. The summed E-state index contributed by atoms with van der Waals surface area (Å²) in [7, 11) is 0. The molecule has 0 saturated heterocycles. The van der Waals surface area contributed by atoms with E-state index in [-0.39, 0.29) is 0 Å². The number of aryl methyl sites for hydroxylation is 1. The third-order valence-corrected chi connectivity index (χ3v) is 3.24. The van der Waals surface area contributed by atoms with Gasteiger partial charge >= 0.3 is 0 Å². The SMILES string of the molecule is Cc1cc(-c2cccc(Cl)c2)cnc1-c1cn[nH]c1. The average molecular weight is 270 g/mol. The number of aromatic amines is 1. The molecular formula is C15H12ClN3. The van der Waals surface area contributed by atoms with Gasteiger partial charge in [0.2, 0.25) is 0 Å². The van der Waals surface area contributed by atoms with E-state index in [9.17, 15) is 0 Å². The molecule has 0 fully saturated rings. The topological polar surface area (TPSA) is 41.6 Å². The molecule has 0 aliphatic rings. The Morgan fingerprint density at radius 2 is 1.95 bits per heavy atom. The molecule has 4 heteroatoms. The molecule has 0 atom stereocenters. The van der Waals surface area contributed by atoms with Crippen LogP contribution in [0, 0.1) is 6.92 Å². The Morgan fingerprint density at radius 3 is 2.63 bits per heavy atom.